The lowest BCUT2D eigenvalue weighted by Crippen LogP contribution is -1.94. The molecule has 8 rings (SSSR count). The maximum Gasteiger partial charge on any atom is 0.135 e. The highest BCUT2D eigenvalue weighted by molar-refractivity contribution is 6.17. The Morgan fingerprint density at radius 1 is 0.478 bits per heavy atom. The number of nitriles is 4. The summed E-state index contributed by atoms with van der Waals surface area (Å²) in [5, 5.41) is 43.8. The summed E-state index contributed by atoms with van der Waals surface area (Å²) < 4.78 is 8.28. The van der Waals surface area contributed by atoms with Gasteiger partial charge in [-0.25, -0.2) is 0 Å². The van der Waals surface area contributed by atoms with E-state index in [0.29, 0.717) is 33.4 Å². The molecule has 6 nitrogen and oxygen atoms in total. The first-order valence-electron chi connectivity index (χ1n) is 14.5. The highest BCUT2D eigenvalue weighted by atomic mass is 16.3. The molecule has 0 amide bonds. The maximum absolute atomic E-state index is 10.1. The van der Waals surface area contributed by atoms with Crippen molar-refractivity contribution in [3.63, 3.8) is 0 Å². The lowest BCUT2D eigenvalue weighted by atomic mass is 9.90. The van der Waals surface area contributed by atoms with E-state index in [0.717, 1.165) is 60.6 Å². The van der Waals surface area contributed by atoms with E-state index in [1.54, 1.807) is 36.4 Å². The van der Waals surface area contributed by atoms with Crippen LogP contribution in [0.2, 0.25) is 0 Å². The Bertz CT molecular complexity index is 2690. The van der Waals surface area contributed by atoms with Gasteiger partial charge in [0.2, 0.25) is 0 Å². The van der Waals surface area contributed by atoms with E-state index in [1.807, 2.05) is 72.8 Å². The van der Waals surface area contributed by atoms with Gasteiger partial charge in [-0.15, -0.1) is 0 Å². The SMILES string of the molecule is N#Cc1cccc(C#N)c1-c1ccc2c(c1)c1c(-c3c(C#N)cccc3C#N)cccc1n2-c1ccc2oc3ccccc3c2c1. The van der Waals surface area contributed by atoms with Crippen LogP contribution in [-0.2, 0) is 0 Å². The van der Waals surface area contributed by atoms with Gasteiger partial charge in [0.1, 0.15) is 11.2 Å². The lowest BCUT2D eigenvalue weighted by Gasteiger charge is -2.11. The van der Waals surface area contributed by atoms with Crippen molar-refractivity contribution in [2.24, 2.45) is 0 Å². The minimum absolute atomic E-state index is 0.400. The summed E-state index contributed by atoms with van der Waals surface area (Å²) in [6, 6.07) is 45.2. The molecular formula is C40H19N5O. The average molecular weight is 586 g/mol. The molecule has 0 fully saturated rings. The van der Waals surface area contributed by atoms with Crippen LogP contribution in [0, 0.1) is 45.3 Å². The van der Waals surface area contributed by atoms with Crippen LogP contribution in [0.15, 0.2) is 120 Å². The third-order valence-corrected chi connectivity index (χ3v) is 8.58. The Labute approximate surface area is 263 Å². The first-order valence-corrected chi connectivity index (χ1v) is 14.5. The van der Waals surface area contributed by atoms with Crippen LogP contribution < -0.4 is 0 Å². The number of furan rings is 1. The Morgan fingerprint density at radius 3 is 1.80 bits per heavy atom. The molecule has 2 aromatic heterocycles. The standard InChI is InChI=1S/C40H19N5O/c41-20-25-6-3-7-26(21-42)38(25)24-14-16-34-33(18-24)40-31(39-27(22-43)8-4-9-28(39)23-44)11-5-12-35(40)45(34)29-15-17-37-32(19-29)30-10-1-2-13-36(30)46-37/h1-19H. The van der Waals surface area contributed by atoms with E-state index in [2.05, 4.69) is 34.9 Å². The Kier molecular flexibility index (Phi) is 5.91. The van der Waals surface area contributed by atoms with Crippen LogP contribution in [0.3, 0.4) is 0 Å². The highest BCUT2D eigenvalue weighted by Gasteiger charge is 2.22. The Hall–Kier alpha value is -7.12. The molecule has 0 unspecified atom stereocenters. The molecule has 6 aromatic carbocycles. The number of rotatable bonds is 3. The van der Waals surface area contributed by atoms with Crippen LogP contribution in [0.4, 0.5) is 0 Å². The van der Waals surface area contributed by atoms with Gasteiger partial charge in [-0.1, -0.05) is 48.5 Å². The second-order valence-electron chi connectivity index (χ2n) is 10.9. The molecule has 0 atom stereocenters. The summed E-state index contributed by atoms with van der Waals surface area (Å²) in [5.74, 6) is 0. The molecule has 0 radical (unpaired) electrons. The van der Waals surface area contributed by atoms with Crippen molar-refractivity contribution in [2.45, 2.75) is 0 Å². The molecule has 0 aliphatic heterocycles. The number of benzene rings is 6. The molecule has 0 N–H and O–H groups in total. The molecule has 0 bridgehead atoms. The largest absolute Gasteiger partial charge is 0.456 e. The molecular weight excluding hydrogens is 566 g/mol. The second-order valence-corrected chi connectivity index (χ2v) is 10.9. The van der Waals surface area contributed by atoms with Crippen LogP contribution >= 0.6 is 0 Å². The molecule has 8 aromatic rings. The van der Waals surface area contributed by atoms with Gasteiger partial charge < -0.3 is 8.98 Å². The lowest BCUT2D eigenvalue weighted by molar-refractivity contribution is 0.669. The van der Waals surface area contributed by atoms with E-state index in [9.17, 15) is 21.0 Å². The van der Waals surface area contributed by atoms with Gasteiger partial charge in [-0.05, 0) is 77.9 Å². The quantitative estimate of drug-likeness (QED) is 0.205. The van der Waals surface area contributed by atoms with E-state index in [4.69, 9.17) is 4.42 Å². The zero-order valence-electron chi connectivity index (χ0n) is 24.1. The molecule has 0 aliphatic rings. The van der Waals surface area contributed by atoms with E-state index in [-0.39, 0.29) is 0 Å². The summed E-state index contributed by atoms with van der Waals surface area (Å²) in [4.78, 5) is 0. The monoisotopic (exact) mass is 585 g/mol. The van der Waals surface area contributed by atoms with Gasteiger partial charge in [0, 0.05) is 38.4 Å². The number of nitrogens with zero attached hydrogens (tertiary/aromatic N) is 5. The smallest absolute Gasteiger partial charge is 0.135 e. The van der Waals surface area contributed by atoms with Crippen molar-refractivity contribution in [1.29, 1.82) is 21.0 Å². The fraction of sp³-hybridized carbons (Fsp3) is 0. The van der Waals surface area contributed by atoms with Crippen molar-refractivity contribution < 1.29 is 4.42 Å². The molecule has 210 valence electrons. The summed E-state index contributed by atoms with van der Waals surface area (Å²) in [5.41, 5.74) is 8.47. The fourth-order valence-corrected chi connectivity index (χ4v) is 6.64. The van der Waals surface area contributed by atoms with Crippen molar-refractivity contribution in [1.82, 2.24) is 4.57 Å². The summed E-state index contributed by atoms with van der Waals surface area (Å²) in [7, 11) is 0. The maximum atomic E-state index is 10.1. The Balaban J connectivity index is 1.52. The number of aromatic nitrogens is 1. The van der Waals surface area contributed by atoms with E-state index < -0.39 is 0 Å². The first kappa shape index (κ1) is 26.5. The first-order chi connectivity index (χ1) is 22.6. The molecule has 0 saturated heterocycles. The Morgan fingerprint density at radius 2 is 1.11 bits per heavy atom. The molecule has 2 heterocycles. The van der Waals surface area contributed by atoms with Crippen LogP contribution in [0.25, 0.3) is 71.7 Å². The number of hydrogen-bond donors (Lipinski definition) is 0. The van der Waals surface area contributed by atoms with Crippen molar-refractivity contribution in [3.05, 3.63) is 138 Å². The minimum atomic E-state index is 0.400. The number of fused-ring (bicyclic) bond motifs is 6. The fourth-order valence-electron chi connectivity index (χ4n) is 6.64. The molecule has 6 heteroatoms. The average Bonchev–Trinajstić information content (AvgIpc) is 3.65. The number of para-hydroxylation sites is 1. The van der Waals surface area contributed by atoms with Crippen LogP contribution in [0.5, 0.6) is 0 Å². The third kappa shape index (κ3) is 3.79. The molecule has 0 aliphatic carbocycles. The predicted octanol–water partition coefficient (Wildman–Crippen LogP) is 9.50. The van der Waals surface area contributed by atoms with Crippen LogP contribution in [-0.4, -0.2) is 4.57 Å². The van der Waals surface area contributed by atoms with Crippen molar-refractivity contribution >= 4 is 43.7 Å². The predicted molar refractivity (Wildman–Crippen MR) is 178 cm³/mol. The second kappa shape index (κ2) is 10.3. The number of hydrogen-bond acceptors (Lipinski definition) is 5. The molecule has 46 heavy (non-hydrogen) atoms. The van der Waals surface area contributed by atoms with E-state index >= 15 is 0 Å². The normalized spacial score (nSPS) is 11.0. The molecule has 0 spiro atoms. The summed E-state index contributed by atoms with van der Waals surface area (Å²) >= 11 is 0. The van der Waals surface area contributed by atoms with E-state index in [1.165, 1.54) is 0 Å². The summed E-state index contributed by atoms with van der Waals surface area (Å²) in [6.07, 6.45) is 0. The topological polar surface area (TPSA) is 113 Å². The van der Waals surface area contributed by atoms with Crippen LogP contribution in [0.1, 0.15) is 22.3 Å². The van der Waals surface area contributed by atoms with Gasteiger partial charge in [-0.2, -0.15) is 21.0 Å². The third-order valence-electron chi connectivity index (χ3n) is 8.58. The van der Waals surface area contributed by atoms with Crippen molar-refractivity contribution in [3.8, 4) is 52.2 Å². The van der Waals surface area contributed by atoms with Gasteiger partial charge in [0.15, 0.2) is 0 Å². The summed E-state index contributed by atoms with van der Waals surface area (Å²) in [6.45, 7) is 0. The highest BCUT2D eigenvalue weighted by Crippen LogP contribution is 2.43. The zero-order valence-corrected chi connectivity index (χ0v) is 24.1. The van der Waals surface area contributed by atoms with Crippen molar-refractivity contribution in [2.75, 3.05) is 0 Å². The zero-order chi connectivity index (χ0) is 31.4. The van der Waals surface area contributed by atoms with Gasteiger partial charge in [0.25, 0.3) is 0 Å². The molecule has 0 saturated carbocycles. The van der Waals surface area contributed by atoms with Gasteiger partial charge in [-0.3, -0.25) is 0 Å². The van der Waals surface area contributed by atoms with Gasteiger partial charge >= 0.3 is 0 Å². The minimum Gasteiger partial charge on any atom is -0.456 e. The van der Waals surface area contributed by atoms with Gasteiger partial charge in [0.05, 0.1) is 57.6 Å².